The molecule has 1 unspecified atom stereocenters. The van der Waals surface area contributed by atoms with Crippen molar-refractivity contribution in [3.8, 4) is 0 Å². The molecule has 0 aliphatic carbocycles. The molecule has 0 spiro atoms. The molecule has 0 saturated heterocycles. The lowest BCUT2D eigenvalue weighted by Gasteiger charge is -2.17. The zero-order valence-electron chi connectivity index (χ0n) is 6.59. The second kappa shape index (κ2) is 3.17. The van der Waals surface area contributed by atoms with Crippen molar-refractivity contribution in [3.05, 3.63) is 22.4 Å². The van der Waals surface area contributed by atoms with Crippen LogP contribution in [0, 0.1) is 5.38 Å². The molecule has 1 aromatic rings. The molecule has 55 valence electrons. The van der Waals surface area contributed by atoms with Crippen molar-refractivity contribution in [2.45, 2.75) is 13.0 Å². The maximum Gasteiger partial charge on any atom is 0.0446 e. The standard InChI is InChI=1S/C8H12NS/c1-7(9(2)3)8-5-4-6-10-8/h4-5,7H,1-3H3. The van der Waals surface area contributed by atoms with Crippen molar-refractivity contribution in [1.29, 1.82) is 0 Å². The molecule has 0 fully saturated rings. The van der Waals surface area contributed by atoms with Gasteiger partial charge in [-0.1, -0.05) is 0 Å². The maximum atomic E-state index is 3.08. The quantitative estimate of drug-likeness (QED) is 0.631. The van der Waals surface area contributed by atoms with Gasteiger partial charge in [-0.2, -0.15) is 0 Å². The van der Waals surface area contributed by atoms with E-state index in [1.54, 1.807) is 11.3 Å². The van der Waals surface area contributed by atoms with Crippen LogP contribution in [-0.2, 0) is 0 Å². The molecule has 1 aromatic heterocycles. The van der Waals surface area contributed by atoms with Gasteiger partial charge < -0.3 is 4.90 Å². The first-order valence-electron chi connectivity index (χ1n) is 3.34. The van der Waals surface area contributed by atoms with E-state index in [4.69, 9.17) is 0 Å². The molecular weight excluding hydrogens is 142 g/mol. The average molecular weight is 154 g/mol. The summed E-state index contributed by atoms with van der Waals surface area (Å²) in [7, 11) is 4.18. The van der Waals surface area contributed by atoms with Gasteiger partial charge in [-0.05, 0) is 33.2 Å². The molecule has 1 nitrogen and oxygen atoms in total. The Morgan fingerprint density at radius 3 is 2.70 bits per heavy atom. The summed E-state index contributed by atoms with van der Waals surface area (Å²) in [5.74, 6) is 0. The molecule has 0 aliphatic heterocycles. The van der Waals surface area contributed by atoms with E-state index in [1.807, 2.05) is 6.07 Å². The molecule has 0 N–H and O–H groups in total. The average Bonchev–Trinajstić information content (AvgIpc) is 2.36. The zero-order valence-corrected chi connectivity index (χ0v) is 7.40. The predicted molar refractivity (Wildman–Crippen MR) is 45.3 cm³/mol. The SMILES string of the molecule is CC(c1cc[c]s1)N(C)C. The summed E-state index contributed by atoms with van der Waals surface area (Å²) < 4.78 is 0. The first-order chi connectivity index (χ1) is 4.72. The Kier molecular flexibility index (Phi) is 2.46. The van der Waals surface area contributed by atoms with Gasteiger partial charge in [0, 0.05) is 16.3 Å². The zero-order chi connectivity index (χ0) is 7.56. The normalized spacial score (nSPS) is 14.0. The van der Waals surface area contributed by atoms with Crippen LogP contribution >= 0.6 is 11.3 Å². The monoisotopic (exact) mass is 154 g/mol. The van der Waals surface area contributed by atoms with Crippen LogP contribution in [0.25, 0.3) is 0 Å². The Balaban J connectivity index is 2.68. The van der Waals surface area contributed by atoms with E-state index >= 15 is 0 Å². The molecule has 1 radical (unpaired) electrons. The molecule has 10 heavy (non-hydrogen) atoms. The van der Waals surface area contributed by atoms with Crippen molar-refractivity contribution in [1.82, 2.24) is 4.90 Å². The first-order valence-corrected chi connectivity index (χ1v) is 4.15. The molecular formula is C8H12NS. The maximum absolute atomic E-state index is 3.08. The van der Waals surface area contributed by atoms with Crippen LogP contribution in [-0.4, -0.2) is 19.0 Å². The minimum atomic E-state index is 0.524. The topological polar surface area (TPSA) is 3.24 Å². The molecule has 0 saturated carbocycles. The molecule has 1 rings (SSSR count). The van der Waals surface area contributed by atoms with Gasteiger partial charge >= 0.3 is 0 Å². The Hall–Kier alpha value is -0.340. The van der Waals surface area contributed by atoms with E-state index in [2.05, 4.69) is 37.4 Å². The van der Waals surface area contributed by atoms with Crippen molar-refractivity contribution in [2.24, 2.45) is 0 Å². The highest BCUT2D eigenvalue weighted by Gasteiger charge is 2.06. The third-order valence-electron chi connectivity index (χ3n) is 1.68. The molecule has 2 heteroatoms. The number of hydrogen-bond acceptors (Lipinski definition) is 2. The molecule has 0 aliphatic rings. The third-order valence-corrected chi connectivity index (χ3v) is 2.65. The molecule has 0 amide bonds. The van der Waals surface area contributed by atoms with E-state index in [0.29, 0.717) is 6.04 Å². The molecule has 0 aromatic carbocycles. The summed E-state index contributed by atoms with van der Waals surface area (Å²) in [6.07, 6.45) is 0. The smallest absolute Gasteiger partial charge is 0.0446 e. The van der Waals surface area contributed by atoms with E-state index in [0.717, 1.165) is 0 Å². The highest BCUT2D eigenvalue weighted by atomic mass is 32.1. The van der Waals surface area contributed by atoms with Crippen LogP contribution in [0.4, 0.5) is 0 Å². The lowest BCUT2D eigenvalue weighted by Crippen LogP contribution is -2.15. The van der Waals surface area contributed by atoms with Crippen LogP contribution in [0.3, 0.4) is 0 Å². The van der Waals surface area contributed by atoms with Gasteiger partial charge in [-0.25, -0.2) is 0 Å². The van der Waals surface area contributed by atoms with E-state index in [1.165, 1.54) is 4.88 Å². The third kappa shape index (κ3) is 1.58. The molecule has 1 atom stereocenters. The minimum Gasteiger partial charge on any atom is -0.302 e. The lowest BCUT2D eigenvalue weighted by atomic mass is 10.2. The Morgan fingerprint density at radius 2 is 2.30 bits per heavy atom. The van der Waals surface area contributed by atoms with Crippen LogP contribution in [0.15, 0.2) is 12.1 Å². The summed E-state index contributed by atoms with van der Waals surface area (Å²) in [6.45, 7) is 2.19. The van der Waals surface area contributed by atoms with Crippen molar-refractivity contribution >= 4 is 11.3 Å². The number of rotatable bonds is 2. The summed E-state index contributed by atoms with van der Waals surface area (Å²) in [4.78, 5) is 3.57. The van der Waals surface area contributed by atoms with Crippen LogP contribution in [0.5, 0.6) is 0 Å². The Morgan fingerprint density at radius 1 is 1.60 bits per heavy atom. The minimum absolute atomic E-state index is 0.524. The van der Waals surface area contributed by atoms with Crippen LogP contribution in [0.1, 0.15) is 17.8 Å². The summed E-state index contributed by atoms with van der Waals surface area (Å²) >= 11 is 1.69. The second-order valence-corrected chi connectivity index (χ2v) is 3.51. The lowest BCUT2D eigenvalue weighted by molar-refractivity contribution is 0.325. The highest BCUT2D eigenvalue weighted by Crippen LogP contribution is 2.21. The molecule has 1 heterocycles. The second-order valence-electron chi connectivity index (χ2n) is 2.60. The summed E-state index contributed by atoms with van der Waals surface area (Å²) in [5, 5.41) is 3.08. The largest absolute Gasteiger partial charge is 0.302 e. The number of thiophene rings is 1. The first kappa shape index (κ1) is 7.76. The van der Waals surface area contributed by atoms with Crippen LogP contribution in [0.2, 0.25) is 0 Å². The van der Waals surface area contributed by atoms with Crippen molar-refractivity contribution in [3.63, 3.8) is 0 Å². The Labute approximate surface area is 66.3 Å². The van der Waals surface area contributed by atoms with E-state index in [9.17, 15) is 0 Å². The van der Waals surface area contributed by atoms with Gasteiger partial charge in [0.2, 0.25) is 0 Å². The fourth-order valence-electron chi connectivity index (χ4n) is 0.731. The van der Waals surface area contributed by atoms with Gasteiger partial charge in [0.1, 0.15) is 0 Å². The number of nitrogens with zero attached hydrogens (tertiary/aromatic N) is 1. The van der Waals surface area contributed by atoms with Crippen molar-refractivity contribution < 1.29 is 0 Å². The fourth-order valence-corrected chi connectivity index (χ4v) is 1.52. The molecule has 0 bridgehead atoms. The Bertz CT molecular complexity index is 179. The van der Waals surface area contributed by atoms with Gasteiger partial charge in [0.15, 0.2) is 0 Å². The van der Waals surface area contributed by atoms with Gasteiger partial charge in [-0.15, -0.1) is 11.3 Å². The predicted octanol–water partition coefficient (Wildman–Crippen LogP) is 2.17. The fraction of sp³-hybridized carbons (Fsp3) is 0.500. The van der Waals surface area contributed by atoms with Gasteiger partial charge in [0.05, 0.1) is 0 Å². The van der Waals surface area contributed by atoms with Gasteiger partial charge in [-0.3, -0.25) is 0 Å². The van der Waals surface area contributed by atoms with E-state index < -0.39 is 0 Å². The summed E-state index contributed by atoms with van der Waals surface area (Å²) in [6, 6.07) is 4.62. The van der Waals surface area contributed by atoms with Gasteiger partial charge in [0.25, 0.3) is 0 Å². The van der Waals surface area contributed by atoms with E-state index in [-0.39, 0.29) is 0 Å². The van der Waals surface area contributed by atoms with Crippen LogP contribution < -0.4 is 0 Å². The summed E-state index contributed by atoms with van der Waals surface area (Å²) in [5.41, 5.74) is 0. The highest BCUT2D eigenvalue weighted by molar-refractivity contribution is 7.09. The number of hydrogen-bond donors (Lipinski definition) is 0. The van der Waals surface area contributed by atoms with Crippen molar-refractivity contribution in [2.75, 3.05) is 14.1 Å².